The third-order valence-electron chi connectivity index (χ3n) is 4.28. The molecule has 4 nitrogen and oxygen atoms in total. The van der Waals surface area contributed by atoms with Crippen molar-refractivity contribution in [1.29, 1.82) is 0 Å². The van der Waals surface area contributed by atoms with Gasteiger partial charge in [0, 0.05) is 11.4 Å². The van der Waals surface area contributed by atoms with E-state index in [9.17, 15) is 15.3 Å². The molecule has 0 aliphatic carbocycles. The monoisotopic (exact) mass is 378 g/mol. The van der Waals surface area contributed by atoms with Crippen LogP contribution in [0.15, 0.2) is 42.5 Å². The van der Waals surface area contributed by atoms with Crippen molar-refractivity contribution in [1.82, 2.24) is 0 Å². The van der Waals surface area contributed by atoms with Crippen LogP contribution in [0.5, 0.6) is 5.75 Å². The van der Waals surface area contributed by atoms with E-state index in [1.807, 2.05) is 49.4 Å². The number of hydrogen-bond acceptors (Lipinski definition) is 4. The normalized spacial score (nSPS) is 14.7. The fraction of sp³-hybridized carbons (Fsp3) is 0.429. The van der Waals surface area contributed by atoms with Crippen LogP contribution in [0.3, 0.4) is 0 Å². The van der Waals surface area contributed by atoms with Crippen LogP contribution in [-0.4, -0.2) is 40.2 Å². The van der Waals surface area contributed by atoms with E-state index < -0.39 is 18.3 Å². The summed E-state index contributed by atoms with van der Waals surface area (Å²) in [4.78, 5) is 0. The Kier molecular flexibility index (Phi) is 7.91. The largest absolute Gasteiger partial charge is 0.494 e. The molecule has 2 rings (SSSR count). The van der Waals surface area contributed by atoms with Gasteiger partial charge in [0.2, 0.25) is 0 Å². The molecule has 0 bridgehead atoms. The summed E-state index contributed by atoms with van der Waals surface area (Å²) in [6.07, 6.45) is -1.29. The summed E-state index contributed by atoms with van der Waals surface area (Å²) < 4.78 is 5.45. The van der Waals surface area contributed by atoms with Gasteiger partial charge in [0.1, 0.15) is 5.75 Å². The maximum Gasteiger partial charge on any atom is 0.119 e. The van der Waals surface area contributed by atoms with E-state index in [-0.39, 0.29) is 6.42 Å². The van der Waals surface area contributed by atoms with Gasteiger partial charge < -0.3 is 20.1 Å². The minimum Gasteiger partial charge on any atom is -0.494 e. The van der Waals surface area contributed by atoms with Crippen molar-refractivity contribution in [3.8, 4) is 5.75 Å². The van der Waals surface area contributed by atoms with E-state index in [0.717, 1.165) is 22.4 Å². The first-order valence-corrected chi connectivity index (χ1v) is 9.30. The molecular formula is C21H27ClO4. The SMILES string of the molecule is CCOc1ccc(Cc2cc(C[C@H](O)C[C@H](O)[C@@H](C)O)ccc2Cl)cc1. The summed E-state index contributed by atoms with van der Waals surface area (Å²) in [5, 5.41) is 29.9. The number of aliphatic hydroxyl groups excluding tert-OH is 3. The Morgan fingerprint density at radius 1 is 1.00 bits per heavy atom. The molecular weight excluding hydrogens is 352 g/mol. The Morgan fingerprint density at radius 3 is 2.27 bits per heavy atom. The summed E-state index contributed by atoms with van der Waals surface area (Å²) in [7, 11) is 0. The topological polar surface area (TPSA) is 69.9 Å². The standard InChI is InChI=1S/C21H27ClO4/c1-3-26-19-7-4-15(5-8-19)10-17-11-16(6-9-20(17)22)12-18(24)13-21(25)14(2)23/h4-9,11,14,18,21,23-25H,3,10,12-13H2,1-2H3/t14-,18+,21+/m1/s1. The van der Waals surface area contributed by atoms with Crippen LogP contribution >= 0.6 is 11.6 Å². The highest BCUT2D eigenvalue weighted by Gasteiger charge is 2.17. The lowest BCUT2D eigenvalue weighted by Gasteiger charge is -2.18. The second-order valence-corrected chi connectivity index (χ2v) is 6.99. The summed E-state index contributed by atoms with van der Waals surface area (Å²) in [6.45, 7) is 4.10. The van der Waals surface area contributed by atoms with Gasteiger partial charge in [-0.2, -0.15) is 0 Å². The molecule has 0 saturated carbocycles. The molecule has 3 N–H and O–H groups in total. The van der Waals surface area contributed by atoms with Crippen LogP contribution in [0.25, 0.3) is 0 Å². The van der Waals surface area contributed by atoms with Gasteiger partial charge in [-0.05, 0) is 61.6 Å². The van der Waals surface area contributed by atoms with E-state index in [4.69, 9.17) is 16.3 Å². The lowest BCUT2D eigenvalue weighted by Crippen LogP contribution is -2.28. The second-order valence-electron chi connectivity index (χ2n) is 6.58. The third kappa shape index (κ3) is 6.29. The molecule has 26 heavy (non-hydrogen) atoms. The van der Waals surface area contributed by atoms with Gasteiger partial charge in [0.25, 0.3) is 0 Å². The molecule has 2 aromatic rings. The number of ether oxygens (including phenoxy) is 1. The highest BCUT2D eigenvalue weighted by atomic mass is 35.5. The Labute approximate surface area is 160 Å². The van der Waals surface area contributed by atoms with Gasteiger partial charge in [-0.25, -0.2) is 0 Å². The Balaban J connectivity index is 2.04. The average Bonchev–Trinajstić information content (AvgIpc) is 2.59. The van der Waals surface area contributed by atoms with E-state index in [0.29, 0.717) is 24.5 Å². The van der Waals surface area contributed by atoms with E-state index >= 15 is 0 Å². The highest BCUT2D eigenvalue weighted by molar-refractivity contribution is 6.31. The lowest BCUT2D eigenvalue weighted by molar-refractivity contribution is -0.00271. The van der Waals surface area contributed by atoms with Gasteiger partial charge in [-0.1, -0.05) is 35.9 Å². The van der Waals surface area contributed by atoms with Crippen molar-refractivity contribution in [2.24, 2.45) is 0 Å². The first-order valence-electron chi connectivity index (χ1n) is 8.92. The number of rotatable bonds is 9. The summed E-state index contributed by atoms with van der Waals surface area (Å²) in [5.74, 6) is 0.843. The van der Waals surface area contributed by atoms with Crippen molar-refractivity contribution in [2.75, 3.05) is 6.61 Å². The van der Waals surface area contributed by atoms with Crippen molar-refractivity contribution in [2.45, 2.75) is 51.4 Å². The number of benzene rings is 2. The first-order chi connectivity index (χ1) is 12.4. The first kappa shape index (κ1) is 20.7. The Hall–Kier alpha value is -1.59. The quantitative estimate of drug-likeness (QED) is 0.625. The van der Waals surface area contributed by atoms with Crippen LogP contribution in [0.1, 0.15) is 37.0 Å². The molecule has 3 atom stereocenters. The molecule has 0 aliphatic rings. The summed E-state index contributed by atoms with van der Waals surface area (Å²) in [6, 6.07) is 13.6. The lowest BCUT2D eigenvalue weighted by atomic mass is 9.97. The minimum atomic E-state index is -0.930. The maximum atomic E-state index is 10.1. The molecule has 0 radical (unpaired) electrons. The number of hydrogen-bond donors (Lipinski definition) is 3. The smallest absolute Gasteiger partial charge is 0.119 e. The molecule has 0 unspecified atom stereocenters. The van der Waals surface area contributed by atoms with Gasteiger partial charge in [-0.3, -0.25) is 0 Å². The molecule has 0 aliphatic heterocycles. The van der Waals surface area contributed by atoms with Gasteiger partial charge in [-0.15, -0.1) is 0 Å². The number of aliphatic hydroxyl groups is 3. The van der Waals surface area contributed by atoms with Crippen molar-refractivity contribution in [3.63, 3.8) is 0 Å². The maximum absolute atomic E-state index is 10.1. The minimum absolute atomic E-state index is 0.133. The Morgan fingerprint density at radius 2 is 1.65 bits per heavy atom. The summed E-state index contributed by atoms with van der Waals surface area (Å²) >= 11 is 6.33. The van der Waals surface area contributed by atoms with E-state index in [1.165, 1.54) is 6.92 Å². The van der Waals surface area contributed by atoms with Crippen molar-refractivity contribution >= 4 is 11.6 Å². The zero-order valence-corrected chi connectivity index (χ0v) is 16.0. The van der Waals surface area contributed by atoms with Crippen LogP contribution < -0.4 is 4.74 Å². The fourth-order valence-electron chi connectivity index (χ4n) is 2.81. The van der Waals surface area contributed by atoms with E-state index in [1.54, 1.807) is 0 Å². The van der Waals surface area contributed by atoms with Crippen LogP contribution in [0, 0.1) is 0 Å². The molecule has 0 aromatic heterocycles. The molecule has 142 valence electrons. The Bertz CT molecular complexity index is 685. The van der Waals surface area contributed by atoms with Crippen LogP contribution in [0.2, 0.25) is 5.02 Å². The predicted octanol–water partition coefficient (Wildman–Crippen LogP) is 3.36. The van der Waals surface area contributed by atoms with E-state index in [2.05, 4.69) is 0 Å². The van der Waals surface area contributed by atoms with Crippen LogP contribution in [-0.2, 0) is 12.8 Å². The van der Waals surface area contributed by atoms with Gasteiger partial charge >= 0.3 is 0 Å². The summed E-state index contributed by atoms with van der Waals surface area (Å²) in [5.41, 5.74) is 3.05. The second kappa shape index (κ2) is 9.93. The zero-order chi connectivity index (χ0) is 19.1. The predicted molar refractivity (Wildman–Crippen MR) is 104 cm³/mol. The molecule has 0 amide bonds. The van der Waals surface area contributed by atoms with Gasteiger partial charge in [0.15, 0.2) is 0 Å². The highest BCUT2D eigenvalue weighted by Crippen LogP contribution is 2.23. The average molecular weight is 379 g/mol. The molecule has 0 saturated heterocycles. The molecule has 0 fully saturated rings. The molecule has 2 aromatic carbocycles. The molecule has 5 heteroatoms. The van der Waals surface area contributed by atoms with Crippen molar-refractivity contribution < 1.29 is 20.1 Å². The molecule has 0 spiro atoms. The third-order valence-corrected chi connectivity index (χ3v) is 4.65. The number of halogens is 1. The fourth-order valence-corrected chi connectivity index (χ4v) is 3.00. The zero-order valence-electron chi connectivity index (χ0n) is 15.2. The van der Waals surface area contributed by atoms with Crippen molar-refractivity contribution in [3.05, 3.63) is 64.2 Å². The van der Waals surface area contributed by atoms with Crippen LogP contribution in [0.4, 0.5) is 0 Å². The van der Waals surface area contributed by atoms with Gasteiger partial charge in [0.05, 0.1) is 24.9 Å². The molecule has 0 heterocycles.